The van der Waals surface area contributed by atoms with Crippen molar-refractivity contribution in [1.82, 2.24) is 19.8 Å². The lowest BCUT2D eigenvalue weighted by molar-refractivity contribution is 0.0736. The zero-order chi connectivity index (χ0) is 16.5. The van der Waals surface area contributed by atoms with Crippen LogP contribution in [0.25, 0.3) is 16.7 Å². The molecule has 2 heterocycles. The van der Waals surface area contributed by atoms with Gasteiger partial charge in [-0.15, -0.1) is 0 Å². The van der Waals surface area contributed by atoms with Gasteiger partial charge in [0.2, 0.25) is 0 Å². The third-order valence-corrected chi connectivity index (χ3v) is 4.49. The Morgan fingerprint density at radius 3 is 2.58 bits per heavy atom. The van der Waals surface area contributed by atoms with E-state index in [9.17, 15) is 4.79 Å². The Morgan fingerprint density at radius 1 is 1.08 bits per heavy atom. The van der Waals surface area contributed by atoms with Gasteiger partial charge in [0.05, 0.1) is 11.0 Å². The number of amides is 1. The predicted octanol–water partition coefficient (Wildman–Crippen LogP) is 2.38. The number of aromatic nitrogens is 2. The molecule has 1 aliphatic rings. The van der Waals surface area contributed by atoms with Crippen molar-refractivity contribution >= 4 is 16.9 Å². The number of para-hydroxylation sites is 1. The number of piperazine rings is 1. The van der Waals surface area contributed by atoms with Crippen LogP contribution in [0, 0.1) is 6.92 Å². The summed E-state index contributed by atoms with van der Waals surface area (Å²) in [5.74, 6) is 1.01. The lowest BCUT2D eigenvalue weighted by atomic mass is 10.1. The highest BCUT2D eigenvalue weighted by Gasteiger charge is 2.19. The molecular weight excluding hydrogens is 300 g/mol. The molecule has 1 N–H and O–H groups in total. The first-order chi connectivity index (χ1) is 11.7. The summed E-state index contributed by atoms with van der Waals surface area (Å²) in [6.07, 6.45) is 0. The average Bonchev–Trinajstić information content (AvgIpc) is 2.97. The molecule has 1 aliphatic heterocycles. The van der Waals surface area contributed by atoms with Gasteiger partial charge in [-0.3, -0.25) is 9.36 Å². The Hall–Kier alpha value is -2.66. The van der Waals surface area contributed by atoms with Crippen molar-refractivity contribution in [3.05, 3.63) is 59.9 Å². The van der Waals surface area contributed by atoms with Crippen LogP contribution in [-0.4, -0.2) is 46.5 Å². The van der Waals surface area contributed by atoms with E-state index < -0.39 is 0 Å². The van der Waals surface area contributed by atoms with Crippen molar-refractivity contribution in [1.29, 1.82) is 0 Å². The molecule has 0 bridgehead atoms. The second-order valence-electron chi connectivity index (χ2n) is 6.08. The first-order valence-electron chi connectivity index (χ1n) is 8.28. The van der Waals surface area contributed by atoms with Gasteiger partial charge in [0.15, 0.2) is 0 Å². The largest absolute Gasteiger partial charge is 0.336 e. The van der Waals surface area contributed by atoms with E-state index in [0.29, 0.717) is 5.56 Å². The molecule has 3 aromatic rings. The van der Waals surface area contributed by atoms with E-state index in [1.54, 1.807) is 0 Å². The van der Waals surface area contributed by atoms with E-state index in [4.69, 9.17) is 0 Å². The number of carbonyl (C=O) groups is 1. The molecule has 1 fully saturated rings. The zero-order valence-corrected chi connectivity index (χ0v) is 13.7. The molecule has 0 atom stereocenters. The van der Waals surface area contributed by atoms with Gasteiger partial charge >= 0.3 is 0 Å². The number of hydrogen-bond acceptors (Lipinski definition) is 3. The summed E-state index contributed by atoms with van der Waals surface area (Å²) >= 11 is 0. The number of hydrogen-bond donors (Lipinski definition) is 1. The molecule has 0 aliphatic carbocycles. The third-order valence-electron chi connectivity index (χ3n) is 4.49. The molecule has 1 amide bonds. The summed E-state index contributed by atoms with van der Waals surface area (Å²) in [5, 5.41) is 3.27. The summed E-state index contributed by atoms with van der Waals surface area (Å²) in [5.41, 5.74) is 3.67. The Labute approximate surface area is 140 Å². The first-order valence-corrected chi connectivity index (χ1v) is 8.28. The number of aryl methyl sites for hydroxylation is 1. The van der Waals surface area contributed by atoms with Gasteiger partial charge in [-0.05, 0) is 37.3 Å². The Kier molecular flexibility index (Phi) is 3.78. The molecule has 24 heavy (non-hydrogen) atoms. The lowest BCUT2D eigenvalue weighted by Gasteiger charge is -2.27. The Morgan fingerprint density at radius 2 is 1.83 bits per heavy atom. The van der Waals surface area contributed by atoms with Crippen LogP contribution in [0.3, 0.4) is 0 Å². The van der Waals surface area contributed by atoms with Gasteiger partial charge in [-0.2, -0.15) is 0 Å². The molecule has 0 radical (unpaired) electrons. The smallest absolute Gasteiger partial charge is 0.254 e. The lowest BCUT2D eigenvalue weighted by Crippen LogP contribution is -2.46. The van der Waals surface area contributed by atoms with E-state index in [0.717, 1.165) is 48.7 Å². The first kappa shape index (κ1) is 14.9. The summed E-state index contributed by atoms with van der Waals surface area (Å²) in [6.45, 7) is 5.22. The van der Waals surface area contributed by atoms with Crippen LogP contribution < -0.4 is 5.32 Å². The van der Waals surface area contributed by atoms with Crippen LogP contribution in [-0.2, 0) is 0 Å². The second kappa shape index (κ2) is 6.09. The van der Waals surface area contributed by atoms with Crippen LogP contribution in [0.15, 0.2) is 48.5 Å². The standard InChI is InChI=1S/C19H20N4O/c1-14-21-17-13-15(19(24)22-11-9-20-10-12-22)7-8-18(17)23(14)16-5-3-2-4-6-16/h2-8,13,20H,9-12H2,1H3. The minimum Gasteiger partial charge on any atom is -0.336 e. The van der Waals surface area contributed by atoms with Gasteiger partial charge in [0, 0.05) is 37.4 Å². The van der Waals surface area contributed by atoms with E-state index >= 15 is 0 Å². The van der Waals surface area contributed by atoms with Crippen LogP contribution in [0.1, 0.15) is 16.2 Å². The predicted molar refractivity (Wildman–Crippen MR) is 94.6 cm³/mol. The third kappa shape index (κ3) is 2.57. The number of carbonyl (C=O) groups excluding carboxylic acids is 1. The topological polar surface area (TPSA) is 50.2 Å². The normalized spacial score (nSPS) is 15.0. The van der Waals surface area contributed by atoms with Gasteiger partial charge < -0.3 is 10.2 Å². The number of imidazole rings is 1. The summed E-state index contributed by atoms with van der Waals surface area (Å²) in [4.78, 5) is 19.2. The van der Waals surface area contributed by atoms with E-state index in [2.05, 4.69) is 27.0 Å². The minimum absolute atomic E-state index is 0.0883. The van der Waals surface area contributed by atoms with E-state index in [-0.39, 0.29) is 5.91 Å². The Bertz CT molecular complexity index is 879. The summed E-state index contributed by atoms with van der Waals surface area (Å²) < 4.78 is 2.12. The molecule has 2 aromatic carbocycles. The van der Waals surface area contributed by atoms with Gasteiger partial charge in [-0.25, -0.2) is 4.98 Å². The van der Waals surface area contributed by atoms with Crippen LogP contribution in [0.5, 0.6) is 0 Å². The fraction of sp³-hybridized carbons (Fsp3) is 0.263. The molecule has 0 saturated carbocycles. The van der Waals surface area contributed by atoms with Crippen molar-refractivity contribution in [3.63, 3.8) is 0 Å². The molecule has 0 spiro atoms. The average molecular weight is 320 g/mol. The molecule has 4 rings (SSSR count). The molecule has 0 unspecified atom stereocenters. The number of rotatable bonds is 2. The SMILES string of the molecule is Cc1nc2cc(C(=O)N3CCNCC3)ccc2n1-c1ccccc1. The maximum absolute atomic E-state index is 12.7. The summed E-state index contributed by atoms with van der Waals surface area (Å²) in [6, 6.07) is 16.0. The van der Waals surface area contributed by atoms with Crippen molar-refractivity contribution in [2.24, 2.45) is 0 Å². The zero-order valence-electron chi connectivity index (χ0n) is 13.7. The van der Waals surface area contributed by atoms with Crippen LogP contribution >= 0.6 is 0 Å². The molecule has 5 nitrogen and oxygen atoms in total. The maximum Gasteiger partial charge on any atom is 0.254 e. The van der Waals surface area contributed by atoms with Crippen molar-refractivity contribution in [3.8, 4) is 5.69 Å². The van der Waals surface area contributed by atoms with Crippen LogP contribution in [0.4, 0.5) is 0 Å². The van der Waals surface area contributed by atoms with Crippen molar-refractivity contribution < 1.29 is 4.79 Å². The highest BCUT2D eigenvalue weighted by molar-refractivity contribution is 5.97. The van der Waals surface area contributed by atoms with Gasteiger partial charge in [-0.1, -0.05) is 18.2 Å². The van der Waals surface area contributed by atoms with Crippen molar-refractivity contribution in [2.75, 3.05) is 26.2 Å². The second-order valence-corrected chi connectivity index (χ2v) is 6.08. The number of benzene rings is 2. The van der Waals surface area contributed by atoms with E-state index in [1.165, 1.54) is 0 Å². The maximum atomic E-state index is 12.7. The quantitative estimate of drug-likeness (QED) is 0.789. The fourth-order valence-corrected chi connectivity index (χ4v) is 3.29. The van der Waals surface area contributed by atoms with E-state index in [1.807, 2.05) is 48.2 Å². The monoisotopic (exact) mass is 320 g/mol. The van der Waals surface area contributed by atoms with Crippen LogP contribution in [0.2, 0.25) is 0 Å². The molecule has 1 aromatic heterocycles. The number of nitrogens with one attached hydrogen (secondary N) is 1. The number of fused-ring (bicyclic) bond motifs is 1. The number of nitrogens with zero attached hydrogens (tertiary/aromatic N) is 3. The molecule has 5 heteroatoms. The minimum atomic E-state index is 0.0883. The summed E-state index contributed by atoms with van der Waals surface area (Å²) in [7, 11) is 0. The molecular formula is C19H20N4O. The fourth-order valence-electron chi connectivity index (χ4n) is 3.29. The van der Waals surface area contributed by atoms with Gasteiger partial charge in [0.1, 0.15) is 5.82 Å². The molecule has 1 saturated heterocycles. The van der Waals surface area contributed by atoms with Crippen molar-refractivity contribution in [2.45, 2.75) is 6.92 Å². The highest BCUT2D eigenvalue weighted by atomic mass is 16.2. The highest BCUT2D eigenvalue weighted by Crippen LogP contribution is 2.22. The van der Waals surface area contributed by atoms with Gasteiger partial charge in [0.25, 0.3) is 5.91 Å². The Balaban J connectivity index is 1.73. The molecule has 122 valence electrons.